The molecule has 0 unspecified atom stereocenters. The Balaban J connectivity index is 1.36. The van der Waals surface area contributed by atoms with Gasteiger partial charge in [-0.05, 0) is 73.5 Å². The summed E-state index contributed by atoms with van der Waals surface area (Å²) < 4.78 is 44.8. The molecule has 1 spiro atoms. The first-order chi connectivity index (χ1) is 19.5. The summed E-state index contributed by atoms with van der Waals surface area (Å²) >= 11 is 18.5. The zero-order valence-electron chi connectivity index (χ0n) is 21.7. The number of aromatic nitrogens is 1. The van der Waals surface area contributed by atoms with Crippen molar-refractivity contribution >= 4 is 52.6 Å². The van der Waals surface area contributed by atoms with Gasteiger partial charge < -0.3 is 10.1 Å². The fourth-order valence-corrected chi connectivity index (χ4v) is 6.06. The highest BCUT2D eigenvalue weighted by Gasteiger charge is 2.50. The summed E-state index contributed by atoms with van der Waals surface area (Å²) in [5.41, 5.74) is 1.56. The van der Waals surface area contributed by atoms with Crippen molar-refractivity contribution in [2.24, 2.45) is 0 Å². The molecule has 0 radical (unpaired) electrons. The number of piperidine rings is 1. The fourth-order valence-electron chi connectivity index (χ4n) is 5.48. The lowest BCUT2D eigenvalue weighted by molar-refractivity contribution is -0.275. The van der Waals surface area contributed by atoms with Crippen LogP contribution in [0.5, 0.6) is 5.75 Å². The monoisotopic (exact) mass is 624 g/mol. The minimum Gasteiger partial charge on any atom is -0.405 e. The van der Waals surface area contributed by atoms with Crippen LogP contribution in [0.1, 0.15) is 29.5 Å². The largest absolute Gasteiger partial charge is 0.573 e. The Labute approximate surface area is 250 Å². The Morgan fingerprint density at radius 1 is 1.07 bits per heavy atom. The number of rotatable bonds is 6. The van der Waals surface area contributed by atoms with Crippen molar-refractivity contribution in [3.8, 4) is 5.75 Å². The zero-order valence-corrected chi connectivity index (χ0v) is 24.0. The number of pyridine rings is 1. The van der Waals surface area contributed by atoms with E-state index in [1.165, 1.54) is 23.2 Å². The van der Waals surface area contributed by atoms with Gasteiger partial charge in [-0.25, -0.2) is 9.78 Å². The average Bonchev–Trinajstić information content (AvgIpc) is 3.26. The van der Waals surface area contributed by atoms with Crippen molar-refractivity contribution in [1.82, 2.24) is 15.2 Å². The van der Waals surface area contributed by atoms with E-state index in [2.05, 4.69) is 19.9 Å². The van der Waals surface area contributed by atoms with E-state index in [4.69, 9.17) is 34.8 Å². The third-order valence-electron chi connectivity index (χ3n) is 7.41. The molecule has 41 heavy (non-hydrogen) atoms. The van der Waals surface area contributed by atoms with Crippen molar-refractivity contribution in [1.29, 1.82) is 0 Å². The van der Waals surface area contributed by atoms with Crippen molar-refractivity contribution in [3.63, 3.8) is 0 Å². The second kappa shape index (κ2) is 12.1. The van der Waals surface area contributed by atoms with Crippen LogP contribution in [0.4, 0.5) is 23.7 Å². The molecule has 3 heterocycles. The van der Waals surface area contributed by atoms with Gasteiger partial charge in [0.15, 0.2) is 0 Å². The van der Waals surface area contributed by atoms with Crippen molar-refractivity contribution in [2.45, 2.75) is 31.2 Å². The Hall–Kier alpha value is -2.98. The highest BCUT2D eigenvalue weighted by molar-refractivity contribution is 6.34. The first-order valence-electron chi connectivity index (χ1n) is 12.9. The summed E-state index contributed by atoms with van der Waals surface area (Å²) in [5.74, 6) is -0.329. The van der Waals surface area contributed by atoms with Crippen LogP contribution < -0.4 is 15.0 Å². The van der Waals surface area contributed by atoms with E-state index in [0.717, 1.165) is 11.1 Å². The van der Waals surface area contributed by atoms with E-state index in [1.54, 1.807) is 12.1 Å². The molecule has 2 aromatic carbocycles. The third-order valence-corrected chi connectivity index (χ3v) is 8.18. The average molecular weight is 626 g/mol. The van der Waals surface area contributed by atoms with Gasteiger partial charge >= 0.3 is 12.4 Å². The lowest BCUT2D eigenvalue weighted by Crippen LogP contribution is -2.47. The summed E-state index contributed by atoms with van der Waals surface area (Å²) in [7, 11) is 0. The molecule has 0 bridgehead atoms. The molecule has 12 heteroatoms. The van der Waals surface area contributed by atoms with Crippen molar-refractivity contribution in [2.75, 3.05) is 31.1 Å². The van der Waals surface area contributed by atoms with E-state index in [1.807, 2.05) is 36.4 Å². The summed E-state index contributed by atoms with van der Waals surface area (Å²) in [6, 6.07) is 12.9. The molecule has 0 aliphatic carbocycles. The van der Waals surface area contributed by atoms with Gasteiger partial charge in [-0.1, -0.05) is 59.1 Å². The van der Waals surface area contributed by atoms with Crippen LogP contribution in [0.3, 0.4) is 0 Å². The van der Waals surface area contributed by atoms with Crippen LogP contribution in [-0.2, 0) is 12.0 Å². The molecular formula is C29H26Cl3F3N4O2. The van der Waals surface area contributed by atoms with Gasteiger partial charge in [0.2, 0.25) is 0 Å². The number of nitrogens with zero attached hydrogens (tertiary/aromatic N) is 3. The Bertz CT molecular complexity index is 1440. The molecule has 3 aromatic rings. The number of benzene rings is 2. The van der Waals surface area contributed by atoms with Crippen LogP contribution in [-0.4, -0.2) is 48.5 Å². The number of fused-ring (bicyclic) bond motifs is 2. The number of likely N-dealkylation sites (tertiary alicyclic amines) is 1. The number of halogens is 6. The number of carbonyl (C=O) groups is 1. The molecule has 1 aromatic heterocycles. The van der Waals surface area contributed by atoms with E-state index >= 15 is 0 Å². The lowest BCUT2D eigenvalue weighted by Gasteiger charge is -2.40. The SMILES string of the molecule is O=C(NCc1ccnc(Cl)c1)N1CC2(CCN(C/C=C/c3ccc(Cl)cc3)CC2)c2c(OC(F)(F)F)ccc(Cl)c21. The number of urea groups is 1. The maximum absolute atomic E-state index is 13.4. The van der Waals surface area contributed by atoms with E-state index in [0.29, 0.717) is 43.1 Å². The van der Waals surface area contributed by atoms with E-state index in [9.17, 15) is 18.0 Å². The molecule has 5 rings (SSSR count). The van der Waals surface area contributed by atoms with E-state index < -0.39 is 17.8 Å². The molecule has 216 valence electrons. The molecule has 0 atom stereocenters. The van der Waals surface area contributed by atoms with Crippen LogP contribution in [0.2, 0.25) is 15.2 Å². The highest BCUT2D eigenvalue weighted by Crippen LogP contribution is 2.54. The second-order valence-electron chi connectivity index (χ2n) is 10.1. The molecule has 1 saturated heterocycles. The molecule has 2 aliphatic heterocycles. The van der Waals surface area contributed by atoms with Gasteiger partial charge in [-0.15, -0.1) is 13.2 Å². The predicted molar refractivity (Wildman–Crippen MR) is 155 cm³/mol. The number of carbonyl (C=O) groups excluding carboxylic acids is 1. The lowest BCUT2D eigenvalue weighted by atomic mass is 9.74. The van der Waals surface area contributed by atoms with E-state index in [-0.39, 0.29) is 34.7 Å². The van der Waals surface area contributed by atoms with Crippen molar-refractivity contribution < 1.29 is 22.7 Å². The number of amides is 2. The molecule has 2 aliphatic rings. The first-order valence-corrected chi connectivity index (χ1v) is 14.1. The van der Waals surface area contributed by atoms with Crippen LogP contribution in [0, 0.1) is 0 Å². The first kappa shape index (κ1) is 29.5. The summed E-state index contributed by atoms with van der Waals surface area (Å²) in [4.78, 5) is 21.0. The van der Waals surface area contributed by atoms with Gasteiger partial charge in [-0.3, -0.25) is 9.80 Å². The topological polar surface area (TPSA) is 57.7 Å². The molecule has 1 N–H and O–H groups in total. The van der Waals surface area contributed by atoms with Crippen LogP contribution in [0.15, 0.2) is 60.8 Å². The zero-order chi connectivity index (χ0) is 29.2. The number of hydrogen-bond donors (Lipinski definition) is 1. The quantitative estimate of drug-likeness (QED) is 0.285. The van der Waals surface area contributed by atoms with Gasteiger partial charge in [0.1, 0.15) is 10.9 Å². The van der Waals surface area contributed by atoms with Gasteiger partial charge in [0.05, 0.1) is 10.7 Å². The van der Waals surface area contributed by atoms with Crippen molar-refractivity contribution in [3.05, 3.63) is 92.7 Å². The predicted octanol–water partition coefficient (Wildman–Crippen LogP) is 7.72. The normalized spacial score (nSPS) is 16.8. The summed E-state index contributed by atoms with van der Waals surface area (Å²) in [6.07, 6.45) is 1.72. The molecule has 1 fully saturated rings. The number of hydrogen-bond acceptors (Lipinski definition) is 4. The number of nitrogens with one attached hydrogen (secondary N) is 1. The van der Waals surface area contributed by atoms with Gasteiger partial charge in [0, 0.05) is 41.8 Å². The maximum atomic E-state index is 13.4. The number of alkyl halides is 3. The smallest absolute Gasteiger partial charge is 0.405 e. The molecule has 0 saturated carbocycles. The maximum Gasteiger partial charge on any atom is 0.573 e. The Morgan fingerprint density at radius 3 is 2.49 bits per heavy atom. The van der Waals surface area contributed by atoms with Crippen LogP contribution >= 0.6 is 34.8 Å². The van der Waals surface area contributed by atoms with Gasteiger partial charge in [-0.2, -0.15) is 0 Å². The Morgan fingerprint density at radius 2 is 1.80 bits per heavy atom. The minimum atomic E-state index is -4.90. The second-order valence-corrected chi connectivity index (χ2v) is 11.3. The minimum absolute atomic E-state index is 0.157. The number of ether oxygens (including phenoxy) is 1. The van der Waals surface area contributed by atoms with Crippen LogP contribution in [0.25, 0.3) is 6.08 Å². The third kappa shape index (κ3) is 6.92. The summed E-state index contributed by atoms with van der Waals surface area (Å²) in [5, 5.41) is 3.97. The Kier molecular flexibility index (Phi) is 8.70. The molecule has 6 nitrogen and oxygen atoms in total. The number of anilines is 1. The summed E-state index contributed by atoms with van der Waals surface area (Å²) in [6.45, 7) is 2.24. The molecular weight excluding hydrogens is 600 g/mol. The standard InChI is InChI=1S/C29H26Cl3F3N4O2/c30-21-5-3-19(4-6-21)2-1-13-38-14-10-28(11-15-38)18-39(27(40)37-17-20-9-12-36-24(32)16-20)26-22(31)7-8-23(25(26)28)41-29(33,34)35/h1-9,12,16H,10-11,13-15,17-18H2,(H,37,40)/b2-1+. The fraction of sp³-hybridized carbons (Fsp3) is 0.310. The highest BCUT2D eigenvalue weighted by atomic mass is 35.5. The molecule has 2 amide bonds. The van der Waals surface area contributed by atoms with Gasteiger partial charge in [0.25, 0.3) is 0 Å².